The summed E-state index contributed by atoms with van der Waals surface area (Å²) in [6.45, 7) is 1.49. The molecular formula is C27H27N5O4S. The van der Waals surface area contributed by atoms with E-state index in [1.54, 1.807) is 12.3 Å². The van der Waals surface area contributed by atoms with Crippen LogP contribution in [0.3, 0.4) is 0 Å². The van der Waals surface area contributed by atoms with E-state index in [0.29, 0.717) is 17.2 Å². The number of amides is 3. The maximum Gasteiger partial charge on any atom is 0.323 e. The molecule has 0 bridgehead atoms. The van der Waals surface area contributed by atoms with Crippen LogP contribution in [0.25, 0.3) is 27.3 Å². The molecule has 7 N–H and O–H groups in total. The number of aliphatic hydroxyl groups is 2. The van der Waals surface area contributed by atoms with Crippen LogP contribution in [-0.2, 0) is 4.79 Å². The van der Waals surface area contributed by atoms with Crippen LogP contribution in [0.15, 0.2) is 66.2 Å². The zero-order valence-electron chi connectivity index (χ0n) is 20.1. The molecule has 2 heterocycles. The number of carbonyl (C=O) groups is 2. The fourth-order valence-corrected chi connectivity index (χ4v) is 4.75. The topological polar surface area (TPSA) is 150 Å². The van der Waals surface area contributed by atoms with Crippen molar-refractivity contribution in [3.63, 3.8) is 0 Å². The number of urea groups is 1. The number of carbonyl (C=O) groups excluding carboxylic acids is 2. The molecule has 0 saturated carbocycles. The summed E-state index contributed by atoms with van der Waals surface area (Å²) in [4.78, 5) is 28.7. The number of aryl methyl sites for hydroxylation is 1. The van der Waals surface area contributed by atoms with E-state index < -0.39 is 18.6 Å². The second-order valence-corrected chi connectivity index (χ2v) is 9.27. The van der Waals surface area contributed by atoms with Gasteiger partial charge in [-0.1, -0.05) is 24.3 Å². The third-order valence-corrected chi connectivity index (χ3v) is 6.55. The minimum absolute atomic E-state index is 0.0450. The highest BCUT2D eigenvalue weighted by molar-refractivity contribution is 7.18. The maximum atomic E-state index is 12.4. The molecule has 0 aliphatic rings. The van der Waals surface area contributed by atoms with Gasteiger partial charge in [0.05, 0.1) is 12.7 Å². The first-order chi connectivity index (χ1) is 17.8. The van der Waals surface area contributed by atoms with Crippen molar-refractivity contribution in [2.75, 3.05) is 29.5 Å². The summed E-state index contributed by atoms with van der Waals surface area (Å²) in [5.74, 6) is -0.0255. The van der Waals surface area contributed by atoms with E-state index in [9.17, 15) is 14.7 Å². The smallest absolute Gasteiger partial charge is 0.323 e. The first-order valence-electron chi connectivity index (χ1n) is 11.5. The summed E-state index contributed by atoms with van der Waals surface area (Å²) in [7, 11) is 0. The number of nitrogen functional groups attached to an aromatic ring is 1. The molecule has 3 amide bonds. The number of benzene rings is 2. The Morgan fingerprint density at radius 2 is 1.89 bits per heavy atom. The van der Waals surface area contributed by atoms with Gasteiger partial charge in [-0.05, 0) is 53.8 Å². The number of aromatic nitrogens is 1. The quantitative estimate of drug-likeness (QED) is 0.195. The molecule has 37 heavy (non-hydrogen) atoms. The van der Waals surface area contributed by atoms with Crippen molar-refractivity contribution in [2.24, 2.45) is 0 Å². The summed E-state index contributed by atoms with van der Waals surface area (Å²) < 4.78 is 0.877. The highest BCUT2D eigenvalue weighted by atomic mass is 32.1. The van der Waals surface area contributed by atoms with E-state index in [0.717, 1.165) is 32.3 Å². The highest BCUT2D eigenvalue weighted by Gasteiger charge is 2.14. The number of nitrogens with two attached hydrogens (primary N) is 1. The van der Waals surface area contributed by atoms with Crippen molar-refractivity contribution in [1.82, 2.24) is 10.3 Å². The van der Waals surface area contributed by atoms with E-state index >= 15 is 0 Å². The average Bonchev–Trinajstić information content (AvgIpc) is 3.33. The van der Waals surface area contributed by atoms with Gasteiger partial charge in [0.1, 0.15) is 5.82 Å². The molecule has 2 aromatic carbocycles. The second kappa shape index (κ2) is 11.7. The van der Waals surface area contributed by atoms with E-state index in [1.807, 2.05) is 60.8 Å². The van der Waals surface area contributed by atoms with Crippen molar-refractivity contribution in [3.05, 3.63) is 77.3 Å². The highest BCUT2D eigenvalue weighted by Crippen LogP contribution is 2.39. The van der Waals surface area contributed by atoms with Gasteiger partial charge in [-0.15, -0.1) is 11.3 Å². The summed E-state index contributed by atoms with van der Waals surface area (Å²) in [5, 5.41) is 29.1. The molecular weight excluding hydrogens is 490 g/mol. The van der Waals surface area contributed by atoms with E-state index in [4.69, 9.17) is 10.8 Å². The van der Waals surface area contributed by atoms with E-state index in [1.165, 1.54) is 17.4 Å². The number of thiophene rings is 1. The minimum atomic E-state index is -1.01. The Balaban J connectivity index is 1.49. The zero-order chi connectivity index (χ0) is 26.4. The predicted octanol–water partition coefficient (Wildman–Crippen LogP) is 3.98. The molecule has 2 aromatic heterocycles. The molecule has 0 aliphatic heterocycles. The molecule has 4 aromatic rings. The number of hydrogen-bond acceptors (Lipinski definition) is 7. The lowest BCUT2D eigenvalue weighted by Crippen LogP contribution is -2.32. The molecule has 0 radical (unpaired) electrons. The monoisotopic (exact) mass is 517 g/mol. The normalized spacial score (nSPS) is 12.0. The first kappa shape index (κ1) is 25.8. The van der Waals surface area contributed by atoms with Gasteiger partial charge in [0.15, 0.2) is 0 Å². The Morgan fingerprint density at radius 1 is 1.14 bits per heavy atom. The number of fused-ring (bicyclic) bond motifs is 1. The van der Waals surface area contributed by atoms with Crippen molar-refractivity contribution in [1.29, 1.82) is 0 Å². The fourth-order valence-electron chi connectivity index (χ4n) is 3.67. The maximum absolute atomic E-state index is 12.4. The SMILES string of the molecule is Cc1cccc(NC(=O)Nc2ccc(-c3csc4c(/C=C/C(=O)NCC(O)CO)cnc(N)c34)cc2)c1. The number of nitrogens with zero attached hydrogens (tertiary/aromatic N) is 1. The van der Waals surface area contributed by atoms with Crippen LogP contribution in [-0.4, -0.2) is 46.4 Å². The van der Waals surface area contributed by atoms with Crippen molar-refractivity contribution < 1.29 is 19.8 Å². The first-order valence-corrected chi connectivity index (χ1v) is 12.4. The van der Waals surface area contributed by atoms with Gasteiger partial charge < -0.3 is 31.9 Å². The number of pyridine rings is 1. The van der Waals surface area contributed by atoms with Crippen LogP contribution >= 0.6 is 11.3 Å². The van der Waals surface area contributed by atoms with Gasteiger partial charge in [0, 0.05) is 51.4 Å². The Morgan fingerprint density at radius 3 is 2.62 bits per heavy atom. The number of nitrogens with one attached hydrogen (secondary N) is 3. The van der Waals surface area contributed by atoms with Gasteiger partial charge in [-0.25, -0.2) is 9.78 Å². The Hall–Kier alpha value is -4.25. The third-order valence-electron chi connectivity index (χ3n) is 5.52. The Bertz CT molecular complexity index is 1450. The molecule has 0 spiro atoms. The molecule has 0 aliphatic carbocycles. The molecule has 1 unspecified atom stereocenters. The van der Waals surface area contributed by atoms with E-state index in [2.05, 4.69) is 20.9 Å². The van der Waals surface area contributed by atoms with Crippen LogP contribution in [0.1, 0.15) is 11.1 Å². The average molecular weight is 518 g/mol. The van der Waals surface area contributed by atoms with Gasteiger partial charge in [0.25, 0.3) is 0 Å². The second-order valence-electron chi connectivity index (χ2n) is 8.39. The largest absolute Gasteiger partial charge is 0.394 e. The van der Waals surface area contributed by atoms with Gasteiger partial charge in [0.2, 0.25) is 5.91 Å². The standard InChI is InChI=1S/C27H27N5O4S/c1-16-3-2-4-20(11-16)32-27(36)31-19-8-5-17(6-9-19)22-15-37-25-18(12-30-26(28)24(22)25)7-10-23(35)29-13-21(34)14-33/h2-12,15,21,33-34H,13-14H2,1H3,(H2,28,30)(H,29,35)(H2,31,32,36)/b10-7+. The molecule has 10 heteroatoms. The fraction of sp³-hybridized carbons (Fsp3) is 0.148. The molecule has 4 rings (SSSR count). The van der Waals surface area contributed by atoms with Crippen LogP contribution < -0.4 is 21.7 Å². The summed E-state index contributed by atoms with van der Waals surface area (Å²) in [5.41, 5.74) is 11.1. The third kappa shape index (κ3) is 6.50. The molecule has 0 saturated heterocycles. The lowest BCUT2D eigenvalue weighted by Gasteiger charge is -2.09. The lowest BCUT2D eigenvalue weighted by molar-refractivity contribution is -0.117. The summed E-state index contributed by atoms with van der Waals surface area (Å²) >= 11 is 1.48. The zero-order valence-corrected chi connectivity index (χ0v) is 20.9. The minimum Gasteiger partial charge on any atom is -0.394 e. The van der Waals surface area contributed by atoms with Crippen LogP contribution in [0.2, 0.25) is 0 Å². The van der Waals surface area contributed by atoms with Crippen LogP contribution in [0.5, 0.6) is 0 Å². The number of hydrogen-bond donors (Lipinski definition) is 6. The number of anilines is 3. The molecule has 0 fully saturated rings. The number of aliphatic hydroxyl groups excluding tert-OH is 2. The van der Waals surface area contributed by atoms with Gasteiger partial charge in [-0.2, -0.15) is 0 Å². The molecule has 190 valence electrons. The Kier molecular flexibility index (Phi) is 8.14. The van der Waals surface area contributed by atoms with Gasteiger partial charge >= 0.3 is 6.03 Å². The molecule has 9 nitrogen and oxygen atoms in total. The van der Waals surface area contributed by atoms with Crippen molar-refractivity contribution in [2.45, 2.75) is 13.0 Å². The van der Waals surface area contributed by atoms with Crippen LogP contribution in [0, 0.1) is 6.92 Å². The van der Waals surface area contributed by atoms with Crippen molar-refractivity contribution in [3.8, 4) is 11.1 Å². The number of rotatable bonds is 8. The van der Waals surface area contributed by atoms with Crippen LogP contribution in [0.4, 0.5) is 22.0 Å². The predicted molar refractivity (Wildman–Crippen MR) is 148 cm³/mol. The lowest BCUT2D eigenvalue weighted by atomic mass is 10.0. The Labute approximate surface area is 217 Å². The summed E-state index contributed by atoms with van der Waals surface area (Å²) in [6.07, 6.45) is 3.57. The molecule has 1 atom stereocenters. The summed E-state index contributed by atoms with van der Waals surface area (Å²) in [6, 6.07) is 14.6. The van der Waals surface area contributed by atoms with E-state index in [-0.39, 0.29) is 12.6 Å². The van der Waals surface area contributed by atoms with Gasteiger partial charge in [-0.3, -0.25) is 4.79 Å². The van der Waals surface area contributed by atoms with Crippen molar-refractivity contribution >= 4 is 56.6 Å².